The zero-order chi connectivity index (χ0) is 23.6. The second-order valence-corrected chi connectivity index (χ2v) is 6.82. The number of carbonyl (C=O) groups is 1. The van der Waals surface area contributed by atoms with E-state index in [0.29, 0.717) is 43.3 Å². The fourth-order valence-corrected chi connectivity index (χ4v) is 2.95. The van der Waals surface area contributed by atoms with Crippen molar-refractivity contribution in [1.29, 1.82) is 5.26 Å². The number of carbonyl (C=O) groups excluding carboxylic acids is 1. The number of methoxy groups -OCH3 is 1. The SMILES string of the molecule is CCOCCCNC(=O)/C(C#N)=C/c1c(Oc2ccc(OC)cc2)nc2ccccn2c1=O. The lowest BCUT2D eigenvalue weighted by molar-refractivity contribution is -0.117. The molecule has 1 amide bonds. The highest BCUT2D eigenvalue weighted by Gasteiger charge is 2.17. The molecule has 0 bridgehead atoms. The average Bonchev–Trinajstić information content (AvgIpc) is 2.84. The second-order valence-electron chi connectivity index (χ2n) is 6.82. The third-order valence-electron chi connectivity index (χ3n) is 4.62. The number of ether oxygens (including phenoxy) is 3. The summed E-state index contributed by atoms with van der Waals surface area (Å²) in [6.45, 7) is 3.31. The summed E-state index contributed by atoms with van der Waals surface area (Å²) in [7, 11) is 1.55. The third-order valence-corrected chi connectivity index (χ3v) is 4.62. The molecule has 0 saturated carbocycles. The van der Waals surface area contributed by atoms with Gasteiger partial charge in [0.2, 0.25) is 5.88 Å². The molecule has 170 valence electrons. The van der Waals surface area contributed by atoms with Crippen molar-refractivity contribution in [2.75, 3.05) is 26.9 Å². The molecule has 1 N–H and O–H groups in total. The highest BCUT2D eigenvalue weighted by Crippen LogP contribution is 2.25. The zero-order valence-electron chi connectivity index (χ0n) is 18.4. The van der Waals surface area contributed by atoms with Crippen LogP contribution >= 0.6 is 0 Å². The van der Waals surface area contributed by atoms with Gasteiger partial charge in [-0.1, -0.05) is 6.07 Å². The molecule has 9 heteroatoms. The van der Waals surface area contributed by atoms with E-state index in [9.17, 15) is 14.9 Å². The maximum Gasteiger partial charge on any atom is 0.269 e. The summed E-state index contributed by atoms with van der Waals surface area (Å²) in [5.74, 6) is 0.438. The Balaban J connectivity index is 1.97. The van der Waals surface area contributed by atoms with Crippen molar-refractivity contribution >= 4 is 17.6 Å². The summed E-state index contributed by atoms with van der Waals surface area (Å²) in [5, 5.41) is 12.2. The minimum absolute atomic E-state index is 0.0180. The third kappa shape index (κ3) is 5.96. The molecule has 0 saturated heterocycles. The zero-order valence-corrected chi connectivity index (χ0v) is 18.4. The molecular weight excluding hydrogens is 424 g/mol. The van der Waals surface area contributed by atoms with Gasteiger partial charge in [-0.15, -0.1) is 0 Å². The fourth-order valence-electron chi connectivity index (χ4n) is 2.95. The Morgan fingerprint density at radius 3 is 2.67 bits per heavy atom. The molecule has 3 rings (SSSR count). The first-order valence-electron chi connectivity index (χ1n) is 10.4. The summed E-state index contributed by atoms with van der Waals surface area (Å²) in [4.78, 5) is 30.1. The molecular formula is C24H24N4O5. The van der Waals surface area contributed by atoms with Crippen molar-refractivity contribution < 1.29 is 19.0 Å². The van der Waals surface area contributed by atoms with E-state index in [1.54, 1.807) is 55.8 Å². The monoisotopic (exact) mass is 448 g/mol. The van der Waals surface area contributed by atoms with Crippen LogP contribution in [0.15, 0.2) is 59.0 Å². The second kappa shape index (κ2) is 11.5. The van der Waals surface area contributed by atoms with Crippen LogP contribution in [0.25, 0.3) is 11.7 Å². The summed E-state index contributed by atoms with van der Waals surface area (Å²) in [6.07, 6.45) is 3.36. The summed E-state index contributed by atoms with van der Waals surface area (Å²) in [6, 6.07) is 13.7. The van der Waals surface area contributed by atoms with Gasteiger partial charge in [0.05, 0.1) is 7.11 Å². The van der Waals surface area contributed by atoms with E-state index in [1.807, 2.05) is 13.0 Å². The molecule has 0 spiro atoms. The average molecular weight is 448 g/mol. The fraction of sp³-hybridized carbons (Fsp3) is 0.250. The van der Waals surface area contributed by atoms with Gasteiger partial charge < -0.3 is 19.5 Å². The quantitative estimate of drug-likeness (QED) is 0.288. The minimum Gasteiger partial charge on any atom is -0.497 e. The molecule has 0 radical (unpaired) electrons. The van der Waals surface area contributed by atoms with E-state index in [-0.39, 0.29) is 17.0 Å². The van der Waals surface area contributed by atoms with E-state index < -0.39 is 11.5 Å². The molecule has 2 aromatic heterocycles. The molecule has 3 aromatic rings. The van der Waals surface area contributed by atoms with Gasteiger partial charge in [0, 0.05) is 26.0 Å². The first-order chi connectivity index (χ1) is 16.1. The molecule has 9 nitrogen and oxygen atoms in total. The Hall–Kier alpha value is -4.16. The van der Waals surface area contributed by atoms with Gasteiger partial charge in [-0.3, -0.25) is 14.0 Å². The molecule has 0 unspecified atom stereocenters. The van der Waals surface area contributed by atoms with Gasteiger partial charge in [0.1, 0.15) is 34.4 Å². The largest absolute Gasteiger partial charge is 0.497 e. The number of hydrogen-bond acceptors (Lipinski definition) is 7. The van der Waals surface area contributed by atoms with E-state index in [4.69, 9.17) is 14.2 Å². The Kier molecular flexibility index (Phi) is 8.16. The van der Waals surface area contributed by atoms with Crippen LogP contribution in [0.5, 0.6) is 17.4 Å². The number of hydrogen-bond donors (Lipinski definition) is 1. The maximum absolute atomic E-state index is 13.2. The van der Waals surface area contributed by atoms with Crippen LogP contribution in [-0.2, 0) is 9.53 Å². The molecule has 0 aliphatic rings. The van der Waals surface area contributed by atoms with Crippen LogP contribution in [0.4, 0.5) is 0 Å². The highest BCUT2D eigenvalue weighted by molar-refractivity contribution is 6.01. The van der Waals surface area contributed by atoms with Crippen molar-refractivity contribution in [3.8, 4) is 23.4 Å². The number of nitrogens with one attached hydrogen (secondary N) is 1. The lowest BCUT2D eigenvalue weighted by Gasteiger charge is -2.11. The van der Waals surface area contributed by atoms with Crippen molar-refractivity contribution in [3.05, 3.63) is 70.2 Å². The molecule has 1 aromatic carbocycles. The van der Waals surface area contributed by atoms with Crippen molar-refractivity contribution in [2.45, 2.75) is 13.3 Å². The van der Waals surface area contributed by atoms with E-state index in [1.165, 1.54) is 10.5 Å². The molecule has 0 aliphatic carbocycles. The Bertz CT molecular complexity index is 1240. The van der Waals surface area contributed by atoms with Crippen molar-refractivity contribution in [2.24, 2.45) is 0 Å². The molecule has 0 aliphatic heterocycles. The van der Waals surface area contributed by atoms with E-state index in [2.05, 4.69) is 10.3 Å². The number of aromatic nitrogens is 2. The summed E-state index contributed by atoms with van der Waals surface area (Å²) >= 11 is 0. The first kappa shape index (κ1) is 23.5. The van der Waals surface area contributed by atoms with Crippen LogP contribution in [0, 0.1) is 11.3 Å². The van der Waals surface area contributed by atoms with Gasteiger partial charge in [-0.05, 0) is 55.8 Å². The lowest BCUT2D eigenvalue weighted by atomic mass is 10.1. The van der Waals surface area contributed by atoms with Gasteiger partial charge in [0.15, 0.2) is 0 Å². The van der Waals surface area contributed by atoms with E-state index >= 15 is 0 Å². The first-order valence-corrected chi connectivity index (χ1v) is 10.4. The lowest BCUT2D eigenvalue weighted by Crippen LogP contribution is -2.27. The molecule has 0 atom stereocenters. The number of rotatable bonds is 10. The van der Waals surface area contributed by atoms with Crippen molar-refractivity contribution in [1.82, 2.24) is 14.7 Å². The van der Waals surface area contributed by atoms with Gasteiger partial charge in [0.25, 0.3) is 11.5 Å². The number of benzene rings is 1. The Morgan fingerprint density at radius 1 is 1.21 bits per heavy atom. The molecule has 2 heterocycles. The topological polar surface area (TPSA) is 115 Å². The highest BCUT2D eigenvalue weighted by atomic mass is 16.5. The predicted octanol–water partition coefficient (Wildman–Crippen LogP) is 2.95. The van der Waals surface area contributed by atoms with Gasteiger partial charge >= 0.3 is 0 Å². The maximum atomic E-state index is 13.2. The normalized spacial score (nSPS) is 11.1. The van der Waals surface area contributed by atoms with E-state index in [0.717, 1.165) is 0 Å². The minimum atomic E-state index is -0.595. The van der Waals surface area contributed by atoms with Crippen molar-refractivity contribution in [3.63, 3.8) is 0 Å². The molecule has 33 heavy (non-hydrogen) atoms. The number of amides is 1. The molecule has 0 fully saturated rings. The number of fused-ring (bicyclic) bond motifs is 1. The summed E-state index contributed by atoms with van der Waals surface area (Å²) < 4.78 is 17.6. The van der Waals surface area contributed by atoms with Crippen LogP contribution in [0.2, 0.25) is 0 Å². The Morgan fingerprint density at radius 2 is 1.97 bits per heavy atom. The number of nitriles is 1. The van der Waals surface area contributed by atoms with Crippen LogP contribution in [-0.4, -0.2) is 42.2 Å². The van der Waals surface area contributed by atoms with Gasteiger partial charge in [-0.25, -0.2) is 0 Å². The van der Waals surface area contributed by atoms with Gasteiger partial charge in [-0.2, -0.15) is 10.2 Å². The number of pyridine rings is 1. The van der Waals surface area contributed by atoms with Crippen LogP contribution in [0.3, 0.4) is 0 Å². The van der Waals surface area contributed by atoms with Crippen LogP contribution in [0.1, 0.15) is 18.9 Å². The Labute approximate surface area is 190 Å². The standard InChI is InChI=1S/C24H24N4O5/c1-3-32-14-6-12-26-22(29)17(16-25)15-20-23(33-19-10-8-18(31-2)9-11-19)27-21-7-4-5-13-28(21)24(20)30/h4-5,7-11,13,15H,3,6,12,14H2,1-2H3,(H,26,29)/b17-15+. The smallest absolute Gasteiger partial charge is 0.269 e. The predicted molar refractivity (Wildman–Crippen MR) is 122 cm³/mol. The summed E-state index contributed by atoms with van der Waals surface area (Å²) in [5.41, 5.74) is -0.362. The number of nitrogens with zero attached hydrogens (tertiary/aromatic N) is 3. The van der Waals surface area contributed by atoms with Crippen LogP contribution < -0.4 is 20.3 Å².